The predicted molar refractivity (Wildman–Crippen MR) is 80.5 cm³/mol. The Morgan fingerprint density at radius 2 is 1.95 bits per heavy atom. The van der Waals surface area contributed by atoms with E-state index in [0.29, 0.717) is 17.2 Å². The monoisotopic (exact) mass is 355 g/mol. The molecule has 2 nitrogen and oxygen atoms in total. The molecule has 0 fully saturated rings. The van der Waals surface area contributed by atoms with Gasteiger partial charge in [-0.3, -0.25) is 0 Å². The van der Waals surface area contributed by atoms with Crippen LogP contribution in [0.5, 0.6) is 5.75 Å². The van der Waals surface area contributed by atoms with Gasteiger partial charge in [-0.2, -0.15) is 0 Å². The Kier molecular flexibility index (Phi) is 3.71. The van der Waals surface area contributed by atoms with E-state index in [0.717, 1.165) is 15.6 Å². The fourth-order valence-corrected chi connectivity index (χ4v) is 3.37. The number of rotatable bonds is 1. The van der Waals surface area contributed by atoms with Crippen molar-refractivity contribution >= 4 is 27.5 Å². The van der Waals surface area contributed by atoms with E-state index in [1.807, 2.05) is 12.1 Å². The summed E-state index contributed by atoms with van der Waals surface area (Å²) in [4.78, 5) is 0. The zero-order chi connectivity index (χ0) is 14.3. The molecule has 0 amide bonds. The third kappa shape index (κ3) is 2.55. The molecule has 0 saturated carbocycles. The number of fused-ring (bicyclic) bond motifs is 1. The summed E-state index contributed by atoms with van der Waals surface area (Å²) in [5, 5.41) is 0.646. The summed E-state index contributed by atoms with van der Waals surface area (Å²) in [5.74, 6) is 0.183. The van der Waals surface area contributed by atoms with Gasteiger partial charge in [0, 0.05) is 39.2 Å². The van der Waals surface area contributed by atoms with E-state index in [1.165, 1.54) is 12.1 Å². The van der Waals surface area contributed by atoms with E-state index < -0.39 is 0 Å². The lowest BCUT2D eigenvalue weighted by Crippen LogP contribution is -2.24. The Morgan fingerprint density at radius 3 is 2.70 bits per heavy atom. The average Bonchev–Trinajstić information content (AvgIpc) is 2.37. The van der Waals surface area contributed by atoms with Crippen molar-refractivity contribution in [2.75, 3.05) is 0 Å². The highest BCUT2D eigenvalue weighted by Crippen LogP contribution is 2.42. The molecule has 3 rings (SSSR count). The van der Waals surface area contributed by atoms with Gasteiger partial charge < -0.3 is 10.5 Å². The molecule has 0 aromatic heterocycles. The summed E-state index contributed by atoms with van der Waals surface area (Å²) in [7, 11) is 0. The van der Waals surface area contributed by atoms with E-state index in [4.69, 9.17) is 22.1 Å². The van der Waals surface area contributed by atoms with Crippen molar-refractivity contribution in [1.82, 2.24) is 0 Å². The lowest BCUT2D eigenvalue weighted by atomic mass is 9.93. The largest absolute Gasteiger partial charge is 0.485 e. The highest BCUT2D eigenvalue weighted by atomic mass is 79.9. The maximum absolute atomic E-state index is 13.3. The van der Waals surface area contributed by atoms with E-state index in [-0.39, 0.29) is 18.0 Å². The molecule has 1 heterocycles. The van der Waals surface area contributed by atoms with Gasteiger partial charge in [-0.1, -0.05) is 39.7 Å². The third-order valence-corrected chi connectivity index (χ3v) is 4.34. The SMILES string of the molecule is N[C@@H]1CC(c2ccc(Cl)cc2Br)Oc2cc(F)ccc21. The predicted octanol–water partition coefficient (Wildman–Crippen LogP) is 4.77. The van der Waals surface area contributed by atoms with Gasteiger partial charge in [-0.25, -0.2) is 4.39 Å². The standard InChI is InChI=1S/C15H12BrClFNO/c16-12-5-8(17)1-3-10(12)15-7-13(19)11-4-2-9(18)6-14(11)20-15/h1-6,13,15H,7,19H2/t13-,15?/m1/s1. The Labute approximate surface area is 129 Å². The van der Waals surface area contributed by atoms with Gasteiger partial charge >= 0.3 is 0 Å². The third-order valence-electron chi connectivity index (χ3n) is 3.42. The topological polar surface area (TPSA) is 35.2 Å². The van der Waals surface area contributed by atoms with E-state index in [1.54, 1.807) is 12.1 Å². The molecule has 2 N–H and O–H groups in total. The number of benzene rings is 2. The maximum Gasteiger partial charge on any atom is 0.127 e. The fraction of sp³-hybridized carbons (Fsp3) is 0.200. The molecule has 2 aromatic rings. The Morgan fingerprint density at radius 1 is 1.20 bits per heavy atom. The molecule has 0 aliphatic carbocycles. The second-order valence-corrected chi connectivity index (χ2v) is 6.09. The molecule has 0 spiro atoms. The summed E-state index contributed by atoms with van der Waals surface area (Å²) >= 11 is 9.42. The molecule has 104 valence electrons. The van der Waals surface area contributed by atoms with E-state index in [9.17, 15) is 4.39 Å². The highest BCUT2D eigenvalue weighted by Gasteiger charge is 2.28. The second kappa shape index (κ2) is 5.35. The van der Waals surface area contributed by atoms with Crippen molar-refractivity contribution < 1.29 is 9.13 Å². The van der Waals surface area contributed by atoms with Crippen molar-refractivity contribution in [3.8, 4) is 5.75 Å². The normalized spacial score (nSPS) is 21.2. The number of hydrogen-bond acceptors (Lipinski definition) is 2. The van der Waals surface area contributed by atoms with Crippen LogP contribution in [0, 0.1) is 5.82 Å². The first-order valence-corrected chi connectivity index (χ1v) is 7.38. The lowest BCUT2D eigenvalue weighted by Gasteiger charge is -2.31. The molecule has 1 unspecified atom stereocenters. The van der Waals surface area contributed by atoms with E-state index >= 15 is 0 Å². The molecule has 0 bridgehead atoms. The number of nitrogens with two attached hydrogens (primary N) is 1. The van der Waals surface area contributed by atoms with Gasteiger partial charge in [-0.15, -0.1) is 0 Å². The van der Waals surface area contributed by atoms with E-state index in [2.05, 4.69) is 15.9 Å². The van der Waals surface area contributed by atoms with Crippen LogP contribution in [0.15, 0.2) is 40.9 Å². The summed E-state index contributed by atoms with van der Waals surface area (Å²) in [6.07, 6.45) is 0.421. The number of hydrogen-bond donors (Lipinski definition) is 1. The second-order valence-electron chi connectivity index (χ2n) is 4.80. The molecule has 1 aliphatic heterocycles. The highest BCUT2D eigenvalue weighted by molar-refractivity contribution is 9.10. The van der Waals surface area contributed by atoms with Crippen LogP contribution < -0.4 is 10.5 Å². The molecular weight excluding hydrogens is 345 g/mol. The number of ether oxygens (including phenoxy) is 1. The minimum Gasteiger partial charge on any atom is -0.485 e. The van der Waals surface area contributed by atoms with Gasteiger partial charge in [0.05, 0.1) is 0 Å². The van der Waals surface area contributed by atoms with Gasteiger partial charge in [0.2, 0.25) is 0 Å². The van der Waals surface area contributed by atoms with Gasteiger partial charge in [-0.05, 0) is 18.2 Å². The first kappa shape index (κ1) is 13.9. The number of halogens is 3. The minimum atomic E-state index is -0.327. The molecular formula is C15H12BrClFNO. The van der Waals surface area contributed by atoms with Crippen LogP contribution in [-0.4, -0.2) is 0 Å². The summed E-state index contributed by atoms with van der Waals surface area (Å²) in [6.45, 7) is 0. The van der Waals surface area contributed by atoms with Crippen LogP contribution in [0.2, 0.25) is 5.02 Å². The minimum absolute atomic E-state index is 0.174. The van der Waals surface area contributed by atoms with Gasteiger partial charge in [0.25, 0.3) is 0 Å². The molecule has 2 aromatic carbocycles. The molecule has 1 aliphatic rings. The Hall–Kier alpha value is -1.10. The zero-order valence-electron chi connectivity index (χ0n) is 10.4. The zero-order valence-corrected chi connectivity index (χ0v) is 12.8. The van der Waals surface area contributed by atoms with Crippen molar-refractivity contribution in [3.63, 3.8) is 0 Å². The van der Waals surface area contributed by atoms with Crippen LogP contribution in [0.3, 0.4) is 0 Å². The molecule has 0 saturated heterocycles. The lowest BCUT2D eigenvalue weighted by molar-refractivity contribution is 0.160. The first-order chi connectivity index (χ1) is 9.54. The van der Waals surface area contributed by atoms with Crippen molar-refractivity contribution in [2.45, 2.75) is 18.6 Å². The van der Waals surface area contributed by atoms with Crippen molar-refractivity contribution in [3.05, 3.63) is 62.8 Å². The average molecular weight is 357 g/mol. The summed E-state index contributed by atoms with van der Waals surface area (Å²) in [5.41, 5.74) is 7.96. The molecule has 0 radical (unpaired) electrons. The molecule has 20 heavy (non-hydrogen) atoms. The maximum atomic E-state index is 13.3. The Balaban J connectivity index is 1.98. The van der Waals surface area contributed by atoms with Gasteiger partial charge in [0.1, 0.15) is 17.7 Å². The molecule has 2 atom stereocenters. The smallest absolute Gasteiger partial charge is 0.127 e. The van der Waals surface area contributed by atoms with Crippen LogP contribution >= 0.6 is 27.5 Å². The van der Waals surface area contributed by atoms with Crippen LogP contribution in [0.25, 0.3) is 0 Å². The van der Waals surface area contributed by atoms with Crippen molar-refractivity contribution in [1.29, 1.82) is 0 Å². The summed E-state index contributed by atoms with van der Waals surface area (Å²) < 4.78 is 20.1. The fourth-order valence-electron chi connectivity index (χ4n) is 2.43. The summed E-state index contributed by atoms with van der Waals surface area (Å²) in [6, 6.07) is 9.80. The van der Waals surface area contributed by atoms with Crippen LogP contribution in [-0.2, 0) is 0 Å². The molecule has 5 heteroatoms. The quantitative estimate of drug-likeness (QED) is 0.799. The van der Waals surface area contributed by atoms with Gasteiger partial charge in [0.15, 0.2) is 0 Å². The van der Waals surface area contributed by atoms with Crippen molar-refractivity contribution in [2.24, 2.45) is 5.73 Å². The first-order valence-electron chi connectivity index (χ1n) is 6.21. The van der Waals surface area contributed by atoms with Crippen LogP contribution in [0.1, 0.15) is 29.7 Å². The van der Waals surface area contributed by atoms with Crippen LogP contribution in [0.4, 0.5) is 4.39 Å². The Bertz CT molecular complexity index is 664.